The summed E-state index contributed by atoms with van der Waals surface area (Å²) in [7, 11) is 0. The van der Waals surface area contributed by atoms with Crippen molar-refractivity contribution >= 4 is 17.7 Å². The van der Waals surface area contributed by atoms with Crippen LogP contribution < -0.4 is 0 Å². The molecular formula is C8H11ClN2O. The van der Waals surface area contributed by atoms with E-state index in [1.54, 1.807) is 18.5 Å². The number of rotatable bonds is 3. The predicted molar refractivity (Wildman–Crippen MR) is 49.0 cm³/mol. The molecule has 4 heteroatoms. The van der Waals surface area contributed by atoms with Crippen LogP contribution in [0.15, 0.2) is 12.4 Å². The van der Waals surface area contributed by atoms with Crippen LogP contribution in [0.2, 0.25) is 5.15 Å². The van der Waals surface area contributed by atoms with Crippen molar-refractivity contribution in [3.8, 4) is 0 Å². The lowest BCUT2D eigenvalue weighted by atomic mass is 10.4. The summed E-state index contributed by atoms with van der Waals surface area (Å²) in [6, 6.07) is 0. The lowest BCUT2D eigenvalue weighted by Crippen LogP contribution is -1.94. The van der Waals surface area contributed by atoms with Crippen LogP contribution in [0.3, 0.4) is 0 Å². The van der Waals surface area contributed by atoms with Crippen molar-refractivity contribution in [1.82, 2.24) is 9.55 Å². The van der Waals surface area contributed by atoms with Gasteiger partial charge in [0.15, 0.2) is 5.15 Å². The highest BCUT2D eigenvalue weighted by atomic mass is 35.5. The lowest BCUT2D eigenvalue weighted by molar-refractivity contribution is 0.343. The quantitative estimate of drug-likeness (QED) is 0.778. The average molecular weight is 187 g/mol. The third-order valence-electron chi connectivity index (χ3n) is 1.55. The Kier molecular flexibility index (Phi) is 3.31. The summed E-state index contributed by atoms with van der Waals surface area (Å²) < 4.78 is 1.91. The van der Waals surface area contributed by atoms with Gasteiger partial charge < -0.3 is 9.67 Å². The second-order valence-corrected chi connectivity index (χ2v) is 2.65. The van der Waals surface area contributed by atoms with E-state index >= 15 is 0 Å². The van der Waals surface area contributed by atoms with Crippen LogP contribution in [0.5, 0.6) is 0 Å². The number of aliphatic hydroxyl groups excluding tert-OH is 1. The SMILES string of the molecule is CCn1cnc(Cl)c1/C=C/CO. The largest absolute Gasteiger partial charge is 0.392 e. The molecule has 1 aromatic heterocycles. The Bertz CT molecular complexity index is 281. The Balaban J connectivity index is 2.94. The van der Waals surface area contributed by atoms with E-state index in [2.05, 4.69) is 4.98 Å². The molecule has 0 aliphatic rings. The Labute approximate surface area is 76.3 Å². The minimum Gasteiger partial charge on any atom is -0.392 e. The summed E-state index contributed by atoms with van der Waals surface area (Å²) >= 11 is 5.79. The minimum absolute atomic E-state index is 0.0191. The van der Waals surface area contributed by atoms with Crippen molar-refractivity contribution in [3.05, 3.63) is 23.3 Å². The van der Waals surface area contributed by atoms with Gasteiger partial charge in [-0.1, -0.05) is 17.7 Å². The van der Waals surface area contributed by atoms with Crippen molar-refractivity contribution in [2.24, 2.45) is 0 Å². The van der Waals surface area contributed by atoms with E-state index in [1.807, 2.05) is 11.5 Å². The molecule has 0 amide bonds. The van der Waals surface area contributed by atoms with Crippen LogP contribution in [0.1, 0.15) is 12.6 Å². The van der Waals surface area contributed by atoms with E-state index in [1.165, 1.54) is 0 Å². The first-order valence-electron chi connectivity index (χ1n) is 3.77. The van der Waals surface area contributed by atoms with Crippen molar-refractivity contribution in [1.29, 1.82) is 0 Å². The smallest absolute Gasteiger partial charge is 0.154 e. The molecule has 12 heavy (non-hydrogen) atoms. The molecule has 0 aliphatic carbocycles. The summed E-state index contributed by atoms with van der Waals surface area (Å²) in [5, 5.41) is 9.03. The average Bonchev–Trinajstić information content (AvgIpc) is 2.43. The van der Waals surface area contributed by atoms with Gasteiger partial charge in [-0.3, -0.25) is 0 Å². The molecule has 1 heterocycles. The van der Waals surface area contributed by atoms with E-state index in [0.717, 1.165) is 12.2 Å². The number of aryl methyl sites for hydroxylation is 1. The van der Waals surface area contributed by atoms with Gasteiger partial charge in [-0.25, -0.2) is 4.98 Å². The van der Waals surface area contributed by atoms with Gasteiger partial charge in [-0.05, 0) is 13.0 Å². The lowest BCUT2D eigenvalue weighted by Gasteiger charge is -1.98. The van der Waals surface area contributed by atoms with Crippen LogP contribution in [-0.2, 0) is 6.54 Å². The van der Waals surface area contributed by atoms with Crippen molar-refractivity contribution in [2.45, 2.75) is 13.5 Å². The maximum atomic E-state index is 8.56. The van der Waals surface area contributed by atoms with Crippen LogP contribution >= 0.6 is 11.6 Å². The number of aliphatic hydroxyl groups is 1. The topological polar surface area (TPSA) is 38.0 Å². The van der Waals surface area contributed by atoms with E-state index in [9.17, 15) is 0 Å². The van der Waals surface area contributed by atoms with Crippen LogP contribution in [0.25, 0.3) is 6.08 Å². The van der Waals surface area contributed by atoms with Crippen LogP contribution in [0.4, 0.5) is 0 Å². The van der Waals surface area contributed by atoms with Crippen LogP contribution in [-0.4, -0.2) is 21.3 Å². The second-order valence-electron chi connectivity index (χ2n) is 2.29. The normalized spacial score (nSPS) is 11.2. The van der Waals surface area contributed by atoms with Gasteiger partial charge in [0.2, 0.25) is 0 Å². The van der Waals surface area contributed by atoms with Crippen molar-refractivity contribution in [3.63, 3.8) is 0 Å². The highest BCUT2D eigenvalue weighted by Crippen LogP contribution is 2.14. The molecule has 0 spiro atoms. The first kappa shape index (κ1) is 9.29. The summed E-state index contributed by atoms with van der Waals surface area (Å²) in [6.07, 6.45) is 5.08. The molecule has 0 saturated heterocycles. The number of hydrogen-bond acceptors (Lipinski definition) is 2. The number of nitrogens with zero attached hydrogens (tertiary/aromatic N) is 2. The fourth-order valence-corrected chi connectivity index (χ4v) is 1.16. The number of hydrogen-bond donors (Lipinski definition) is 1. The maximum Gasteiger partial charge on any atom is 0.154 e. The zero-order valence-electron chi connectivity index (χ0n) is 6.87. The Morgan fingerprint density at radius 3 is 3.08 bits per heavy atom. The second kappa shape index (κ2) is 4.28. The highest BCUT2D eigenvalue weighted by Gasteiger charge is 2.02. The number of aromatic nitrogens is 2. The molecule has 0 aliphatic heterocycles. The Hall–Kier alpha value is -0.800. The van der Waals surface area contributed by atoms with E-state index in [0.29, 0.717) is 5.15 Å². The van der Waals surface area contributed by atoms with Gasteiger partial charge in [0.05, 0.1) is 18.6 Å². The third kappa shape index (κ3) is 1.87. The first-order valence-corrected chi connectivity index (χ1v) is 4.15. The first-order chi connectivity index (χ1) is 5.79. The Morgan fingerprint density at radius 1 is 1.75 bits per heavy atom. The maximum absolute atomic E-state index is 8.56. The van der Waals surface area contributed by atoms with Gasteiger partial charge >= 0.3 is 0 Å². The highest BCUT2D eigenvalue weighted by molar-refractivity contribution is 6.30. The summed E-state index contributed by atoms with van der Waals surface area (Å²) in [5.41, 5.74) is 0.841. The summed E-state index contributed by atoms with van der Waals surface area (Å²) in [4.78, 5) is 3.94. The molecule has 3 nitrogen and oxygen atoms in total. The fraction of sp³-hybridized carbons (Fsp3) is 0.375. The molecule has 0 bridgehead atoms. The zero-order chi connectivity index (χ0) is 8.97. The molecule has 1 aromatic rings. The molecule has 0 fully saturated rings. The predicted octanol–water partition coefficient (Wildman–Crippen LogP) is 1.56. The molecule has 0 unspecified atom stereocenters. The monoisotopic (exact) mass is 186 g/mol. The molecule has 1 N–H and O–H groups in total. The third-order valence-corrected chi connectivity index (χ3v) is 1.84. The number of imidazole rings is 1. The van der Waals surface area contributed by atoms with E-state index in [-0.39, 0.29) is 6.61 Å². The molecule has 0 radical (unpaired) electrons. The van der Waals surface area contributed by atoms with Gasteiger partial charge in [-0.15, -0.1) is 0 Å². The molecule has 0 aromatic carbocycles. The van der Waals surface area contributed by atoms with Crippen molar-refractivity contribution in [2.75, 3.05) is 6.61 Å². The van der Waals surface area contributed by atoms with Crippen molar-refractivity contribution < 1.29 is 5.11 Å². The van der Waals surface area contributed by atoms with Gasteiger partial charge in [0.25, 0.3) is 0 Å². The van der Waals surface area contributed by atoms with Gasteiger partial charge in [0, 0.05) is 6.54 Å². The van der Waals surface area contributed by atoms with E-state index < -0.39 is 0 Å². The standard InChI is InChI=1S/C8H11ClN2O/c1-2-11-6-10-8(9)7(11)4-3-5-12/h3-4,6,12H,2,5H2,1H3/b4-3+. The molecule has 0 saturated carbocycles. The Morgan fingerprint density at radius 2 is 2.50 bits per heavy atom. The summed E-state index contributed by atoms with van der Waals surface area (Å²) in [6.45, 7) is 2.85. The molecule has 1 rings (SSSR count). The van der Waals surface area contributed by atoms with E-state index in [4.69, 9.17) is 16.7 Å². The molecule has 66 valence electrons. The number of halogens is 1. The minimum atomic E-state index is 0.0191. The molecular weight excluding hydrogens is 176 g/mol. The molecule has 0 atom stereocenters. The summed E-state index contributed by atoms with van der Waals surface area (Å²) in [5.74, 6) is 0. The van der Waals surface area contributed by atoms with Crippen LogP contribution in [0, 0.1) is 0 Å². The fourth-order valence-electron chi connectivity index (χ4n) is 0.948. The van der Waals surface area contributed by atoms with Gasteiger partial charge in [-0.2, -0.15) is 0 Å². The van der Waals surface area contributed by atoms with Gasteiger partial charge in [0.1, 0.15) is 0 Å². The zero-order valence-corrected chi connectivity index (χ0v) is 7.62.